The number of carbonyl (C=O) groups is 1. The van der Waals surface area contributed by atoms with Gasteiger partial charge >= 0.3 is 0 Å². The molecular formula is C22H16N4OS2. The molecule has 3 aromatic carbocycles. The zero-order valence-corrected chi connectivity index (χ0v) is 16.9. The number of hydrogen-bond acceptors (Lipinski definition) is 5. The molecule has 0 aliphatic rings. The normalized spacial score (nSPS) is 11.2. The van der Waals surface area contributed by atoms with Gasteiger partial charge in [-0.25, -0.2) is 0 Å². The highest BCUT2D eigenvalue weighted by atomic mass is 32.2. The zero-order chi connectivity index (χ0) is 19.6. The predicted octanol–water partition coefficient (Wildman–Crippen LogP) is 5.34. The summed E-state index contributed by atoms with van der Waals surface area (Å²) in [6.07, 6.45) is 0. The lowest BCUT2D eigenvalue weighted by molar-refractivity contribution is -0.113. The molecule has 0 radical (unpaired) electrons. The van der Waals surface area contributed by atoms with Crippen LogP contribution in [0, 0.1) is 0 Å². The van der Waals surface area contributed by atoms with Gasteiger partial charge in [0.2, 0.25) is 10.9 Å². The summed E-state index contributed by atoms with van der Waals surface area (Å²) in [5.41, 5.74) is 4.12. The number of para-hydroxylation sites is 1. The summed E-state index contributed by atoms with van der Waals surface area (Å²) in [5.74, 6) is 0.199. The predicted molar refractivity (Wildman–Crippen MR) is 120 cm³/mol. The van der Waals surface area contributed by atoms with Gasteiger partial charge in [0, 0.05) is 5.69 Å². The number of hydrogen-bond donors (Lipinski definition) is 1. The van der Waals surface area contributed by atoms with Gasteiger partial charge in [0.15, 0.2) is 5.16 Å². The topological polar surface area (TPSA) is 59.3 Å². The third-order valence-electron chi connectivity index (χ3n) is 4.52. The van der Waals surface area contributed by atoms with Gasteiger partial charge in [0.05, 0.1) is 16.0 Å². The van der Waals surface area contributed by atoms with E-state index in [-0.39, 0.29) is 11.7 Å². The van der Waals surface area contributed by atoms with Crippen LogP contribution in [0.25, 0.3) is 26.3 Å². The molecule has 0 saturated heterocycles. The summed E-state index contributed by atoms with van der Waals surface area (Å²) in [6, 6.07) is 26.1. The van der Waals surface area contributed by atoms with E-state index in [0.29, 0.717) is 0 Å². The molecule has 5 nitrogen and oxygen atoms in total. The SMILES string of the molecule is O=C(CSc1nnc2sc3ccccc3n12)Nc1ccc(-c2ccccc2)cc1. The van der Waals surface area contributed by atoms with Gasteiger partial charge < -0.3 is 5.32 Å². The summed E-state index contributed by atoms with van der Waals surface area (Å²) in [5, 5.41) is 12.1. The molecule has 5 aromatic rings. The first-order chi connectivity index (χ1) is 14.3. The summed E-state index contributed by atoms with van der Waals surface area (Å²) < 4.78 is 3.16. The standard InChI is InChI=1S/C22H16N4OS2/c27-20(23-17-12-10-16(11-13-17)15-6-2-1-3-7-15)14-28-21-24-25-22-26(21)18-8-4-5-9-19(18)29-22/h1-13H,14H2,(H,23,27). The Morgan fingerprint density at radius 3 is 2.45 bits per heavy atom. The van der Waals surface area contributed by atoms with Crippen LogP contribution in [-0.4, -0.2) is 26.3 Å². The van der Waals surface area contributed by atoms with Crippen LogP contribution in [0.3, 0.4) is 0 Å². The number of nitrogens with one attached hydrogen (secondary N) is 1. The van der Waals surface area contributed by atoms with E-state index in [1.54, 1.807) is 11.3 Å². The van der Waals surface area contributed by atoms with Crippen LogP contribution in [0.2, 0.25) is 0 Å². The number of fused-ring (bicyclic) bond motifs is 3. The van der Waals surface area contributed by atoms with Crippen molar-refractivity contribution in [1.82, 2.24) is 14.6 Å². The summed E-state index contributed by atoms with van der Waals surface area (Å²) in [7, 11) is 0. The third kappa shape index (κ3) is 3.62. The molecule has 0 atom stereocenters. The molecule has 2 heterocycles. The second kappa shape index (κ2) is 7.69. The number of aromatic nitrogens is 3. The van der Waals surface area contributed by atoms with Gasteiger partial charge in [-0.2, -0.15) is 0 Å². The molecule has 2 aromatic heterocycles. The van der Waals surface area contributed by atoms with Gasteiger partial charge in [-0.1, -0.05) is 77.7 Å². The number of carbonyl (C=O) groups excluding carboxylic acids is 1. The monoisotopic (exact) mass is 416 g/mol. The van der Waals surface area contributed by atoms with Crippen LogP contribution in [0.4, 0.5) is 5.69 Å². The van der Waals surface area contributed by atoms with E-state index in [1.807, 2.05) is 65.1 Å². The van der Waals surface area contributed by atoms with E-state index >= 15 is 0 Å². The number of benzene rings is 3. The first-order valence-corrected chi connectivity index (χ1v) is 10.9. The van der Waals surface area contributed by atoms with Crippen LogP contribution >= 0.6 is 23.1 Å². The summed E-state index contributed by atoms with van der Waals surface area (Å²) >= 11 is 2.98. The van der Waals surface area contributed by atoms with E-state index in [0.717, 1.165) is 37.1 Å². The highest BCUT2D eigenvalue weighted by Crippen LogP contribution is 2.29. The minimum absolute atomic E-state index is 0.0706. The number of thiazole rings is 1. The van der Waals surface area contributed by atoms with Gasteiger partial charge in [0.25, 0.3) is 0 Å². The molecule has 0 bridgehead atoms. The molecule has 0 saturated carbocycles. The van der Waals surface area contributed by atoms with Crippen LogP contribution in [-0.2, 0) is 4.79 Å². The Bertz CT molecular complexity index is 1290. The average Bonchev–Trinajstić information content (AvgIpc) is 3.33. The van der Waals surface area contributed by atoms with E-state index in [1.165, 1.54) is 11.8 Å². The van der Waals surface area contributed by atoms with E-state index in [4.69, 9.17) is 0 Å². The Balaban J connectivity index is 1.26. The highest BCUT2D eigenvalue weighted by molar-refractivity contribution is 7.99. The number of amides is 1. The van der Waals surface area contributed by atoms with Crippen LogP contribution < -0.4 is 5.32 Å². The van der Waals surface area contributed by atoms with Crippen LogP contribution in [0.1, 0.15) is 0 Å². The average molecular weight is 417 g/mol. The van der Waals surface area contributed by atoms with E-state index in [9.17, 15) is 4.79 Å². The molecule has 29 heavy (non-hydrogen) atoms. The molecule has 1 N–H and O–H groups in total. The summed E-state index contributed by atoms with van der Waals surface area (Å²) in [6.45, 7) is 0. The Morgan fingerprint density at radius 1 is 0.897 bits per heavy atom. The van der Waals surface area contributed by atoms with Crippen molar-refractivity contribution in [1.29, 1.82) is 0 Å². The second-order valence-corrected chi connectivity index (χ2v) is 8.40. The van der Waals surface area contributed by atoms with Crippen molar-refractivity contribution in [3.63, 3.8) is 0 Å². The molecule has 0 aliphatic carbocycles. The molecule has 1 amide bonds. The molecule has 0 spiro atoms. The fourth-order valence-corrected chi connectivity index (χ4v) is 4.92. The van der Waals surface area contributed by atoms with E-state index in [2.05, 4.69) is 33.7 Å². The van der Waals surface area contributed by atoms with Crippen molar-refractivity contribution in [2.75, 3.05) is 11.1 Å². The Hall–Kier alpha value is -3.16. The van der Waals surface area contributed by atoms with Crippen LogP contribution in [0.5, 0.6) is 0 Å². The van der Waals surface area contributed by atoms with Crippen molar-refractivity contribution < 1.29 is 4.79 Å². The maximum Gasteiger partial charge on any atom is 0.234 e. The fourth-order valence-electron chi connectivity index (χ4n) is 3.15. The number of rotatable bonds is 5. The molecule has 7 heteroatoms. The maximum absolute atomic E-state index is 12.4. The Kier molecular flexibility index (Phi) is 4.75. The minimum atomic E-state index is -0.0706. The zero-order valence-electron chi connectivity index (χ0n) is 15.3. The molecular weight excluding hydrogens is 400 g/mol. The number of thioether (sulfide) groups is 1. The lowest BCUT2D eigenvalue weighted by Gasteiger charge is -2.06. The smallest absolute Gasteiger partial charge is 0.234 e. The minimum Gasteiger partial charge on any atom is -0.325 e. The second-order valence-electron chi connectivity index (χ2n) is 6.45. The number of anilines is 1. The lowest BCUT2D eigenvalue weighted by Crippen LogP contribution is -2.14. The molecule has 0 aliphatic heterocycles. The maximum atomic E-state index is 12.4. The van der Waals surface area contributed by atoms with Gasteiger partial charge in [-0.3, -0.25) is 9.20 Å². The highest BCUT2D eigenvalue weighted by Gasteiger charge is 2.14. The molecule has 142 valence electrons. The van der Waals surface area contributed by atoms with Crippen molar-refractivity contribution in [3.05, 3.63) is 78.9 Å². The quantitative estimate of drug-likeness (QED) is 0.393. The summed E-state index contributed by atoms with van der Waals surface area (Å²) in [4.78, 5) is 13.3. The molecule has 5 rings (SSSR count). The number of nitrogens with zero attached hydrogens (tertiary/aromatic N) is 3. The largest absolute Gasteiger partial charge is 0.325 e. The fraction of sp³-hybridized carbons (Fsp3) is 0.0455. The Morgan fingerprint density at radius 2 is 1.62 bits per heavy atom. The van der Waals surface area contributed by atoms with Crippen molar-refractivity contribution >= 4 is 49.9 Å². The van der Waals surface area contributed by atoms with Crippen LogP contribution in [0.15, 0.2) is 84.0 Å². The van der Waals surface area contributed by atoms with Gasteiger partial charge in [-0.05, 0) is 35.4 Å². The Labute approximate surface area is 175 Å². The molecule has 0 fully saturated rings. The van der Waals surface area contributed by atoms with E-state index < -0.39 is 0 Å². The third-order valence-corrected chi connectivity index (χ3v) is 6.46. The molecule has 0 unspecified atom stereocenters. The van der Waals surface area contributed by atoms with Gasteiger partial charge in [-0.15, -0.1) is 10.2 Å². The first kappa shape index (κ1) is 17.9. The van der Waals surface area contributed by atoms with Crippen molar-refractivity contribution in [3.8, 4) is 11.1 Å². The first-order valence-electron chi connectivity index (χ1n) is 9.09. The van der Waals surface area contributed by atoms with Gasteiger partial charge in [0.1, 0.15) is 0 Å². The van der Waals surface area contributed by atoms with Crippen molar-refractivity contribution in [2.45, 2.75) is 5.16 Å². The lowest BCUT2D eigenvalue weighted by atomic mass is 10.1. The van der Waals surface area contributed by atoms with Crippen molar-refractivity contribution in [2.24, 2.45) is 0 Å².